The minimum absolute atomic E-state index is 0.125. The maximum absolute atomic E-state index is 14.1. The summed E-state index contributed by atoms with van der Waals surface area (Å²) in [5.41, 5.74) is -1.73. The number of fused-ring (bicyclic) bond motifs is 1. The Kier molecular flexibility index (Phi) is 5.44. The van der Waals surface area contributed by atoms with Crippen LogP contribution in [-0.4, -0.2) is 15.0 Å². The van der Waals surface area contributed by atoms with Crippen LogP contribution in [0.2, 0.25) is 0 Å². The minimum Gasteiger partial charge on any atom is -0.349 e. The predicted octanol–water partition coefficient (Wildman–Crippen LogP) is 3.04. The van der Waals surface area contributed by atoms with Crippen molar-refractivity contribution in [3.8, 4) is 0 Å². The molecule has 174 valence electrons. The molecule has 1 amide bonds. The molecular weight excluding hydrogens is 484 g/mol. The lowest BCUT2D eigenvalue weighted by molar-refractivity contribution is -0.140. The summed E-state index contributed by atoms with van der Waals surface area (Å²) in [4.78, 5) is 36.2. The molecule has 33 heavy (non-hydrogen) atoms. The van der Waals surface area contributed by atoms with E-state index in [1.54, 1.807) is 5.38 Å². The summed E-state index contributed by atoms with van der Waals surface area (Å²) in [7, 11) is 2.85. The fourth-order valence-corrected chi connectivity index (χ4v) is 5.88. The number of hydrogen-bond acceptors (Lipinski definition) is 6. The molecule has 13 heteroatoms. The van der Waals surface area contributed by atoms with Crippen LogP contribution < -0.4 is 21.9 Å². The molecule has 0 saturated heterocycles. The van der Waals surface area contributed by atoms with Gasteiger partial charge in [0.05, 0.1) is 16.6 Å². The Morgan fingerprint density at radius 1 is 1.18 bits per heavy atom. The Morgan fingerprint density at radius 2 is 1.88 bits per heavy atom. The van der Waals surface area contributed by atoms with Crippen molar-refractivity contribution in [2.24, 2.45) is 14.1 Å². The number of nitrogens with one attached hydrogen (secondary N) is 2. The van der Waals surface area contributed by atoms with Crippen molar-refractivity contribution in [3.05, 3.63) is 72.3 Å². The van der Waals surface area contributed by atoms with Crippen molar-refractivity contribution in [2.75, 3.05) is 0 Å². The largest absolute Gasteiger partial charge is 0.419 e. The van der Waals surface area contributed by atoms with Crippen molar-refractivity contribution in [2.45, 2.75) is 18.1 Å². The maximum atomic E-state index is 14.1. The third-order valence-electron chi connectivity index (χ3n) is 5.15. The van der Waals surface area contributed by atoms with Gasteiger partial charge in [0.15, 0.2) is 4.99 Å². The number of aryl methyl sites for hydroxylation is 1. The van der Waals surface area contributed by atoms with E-state index < -0.39 is 39.7 Å². The van der Waals surface area contributed by atoms with E-state index in [1.165, 1.54) is 31.0 Å². The fourth-order valence-electron chi connectivity index (χ4n) is 3.58. The average Bonchev–Trinajstić information content (AvgIpc) is 3.35. The summed E-state index contributed by atoms with van der Waals surface area (Å²) in [6.45, 7) is 1.27. The number of amides is 1. The summed E-state index contributed by atoms with van der Waals surface area (Å²) in [6, 6.07) is 2.51. The van der Waals surface area contributed by atoms with Gasteiger partial charge in [0.25, 0.3) is 5.56 Å². The zero-order chi connectivity index (χ0) is 24.3. The molecule has 1 aromatic carbocycles. The van der Waals surface area contributed by atoms with Gasteiger partial charge < -0.3 is 10.6 Å². The number of carbonyl (C=O) groups is 1. The van der Waals surface area contributed by atoms with E-state index >= 15 is 0 Å². The van der Waals surface area contributed by atoms with Crippen LogP contribution in [0.5, 0.6) is 0 Å². The number of hydrogen-bond donors (Lipinski definition) is 2. The van der Waals surface area contributed by atoms with Gasteiger partial charge >= 0.3 is 11.9 Å². The van der Waals surface area contributed by atoms with Crippen LogP contribution in [0.25, 0.3) is 15.9 Å². The number of nitrogens with zero attached hydrogens (tertiary/aromatic N) is 2. The van der Waals surface area contributed by atoms with Crippen LogP contribution in [-0.2, 0) is 30.1 Å². The zero-order valence-electron chi connectivity index (χ0n) is 17.3. The lowest BCUT2D eigenvalue weighted by Gasteiger charge is -2.30. The summed E-state index contributed by atoms with van der Waals surface area (Å²) >= 11 is 2.19. The molecular formula is C20H16F4N4O3S2. The molecule has 0 spiro atoms. The van der Waals surface area contributed by atoms with Crippen molar-refractivity contribution in [1.29, 1.82) is 0 Å². The lowest BCUT2D eigenvalue weighted by atomic mass is 10.1. The topological polar surface area (TPSA) is 85.1 Å². The number of carbonyl (C=O) groups excluding carboxylic acids is 1. The molecule has 2 N–H and O–H groups in total. The number of rotatable bonds is 3. The highest BCUT2D eigenvalue weighted by Gasteiger charge is 2.42. The molecule has 1 atom stereocenters. The van der Waals surface area contributed by atoms with Crippen molar-refractivity contribution < 1.29 is 22.4 Å². The molecule has 0 radical (unpaired) electrons. The number of thiophene rings is 1. The molecule has 0 bridgehead atoms. The first-order valence-electron chi connectivity index (χ1n) is 9.35. The number of benzene rings is 1. The standard InChI is InChI=1S/C20H16F4N4O3S2/c1-9(29)25-20(12-7-32-17-15(12)16(30)27(2)18(31)28(17)3)26-14(8-33-20)10-4-5-11(13(21)6-10)19(22,23)24/h4-8,26H,1-3H3,(H,25,29). The van der Waals surface area contributed by atoms with Gasteiger partial charge in [-0.1, -0.05) is 17.8 Å². The molecule has 4 rings (SSSR count). The molecule has 0 saturated carbocycles. The highest BCUT2D eigenvalue weighted by atomic mass is 32.2. The Morgan fingerprint density at radius 3 is 2.48 bits per heavy atom. The second-order valence-corrected chi connectivity index (χ2v) is 9.31. The van der Waals surface area contributed by atoms with Crippen LogP contribution in [0.1, 0.15) is 23.6 Å². The molecule has 1 aliphatic rings. The number of aromatic nitrogens is 2. The molecule has 1 aliphatic heterocycles. The van der Waals surface area contributed by atoms with Crippen molar-refractivity contribution in [3.63, 3.8) is 0 Å². The van der Waals surface area contributed by atoms with E-state index in [-0.39, 0.29) is 16.6 Å². The molecule has 3 heterocycles. The normalized spacial score (nSPS) is 18.3. The Labute approximate surface area is 191 Å². The monoisotopic (exact) mass is 500 g/mol. The third kappa shape index (κ3) is 3.74. The van der Waals surface area contributed by atoms with Gasteiger partial charge in [0.1, 0.15) is 10.6 Å². The quantitative estimate of drug-likeness (QED) is 0.540. The second-order valence-electron chi connectivity index (χ2n) is 7.36. The predicted molar refractivity (Wildman–Crippen MR) is 118 cm³/mol. The highest BCUT2D eigenvalue weighted by Crippen LogP contribution is 2.45. The molecule has 1 unspecified atom stereocenters. The van der Waals surface area contributed by atoms with Crippen LogP contribution >= 0.6 is 23.1 Å². The van der Waals surface area contributed by atoms with Gasteiger partial charge in [-0.05, 0) is 17.5 Å². The maximum Gasteiger partial charge on any atom is 0.419 e. The molecule has 2 aromatic heterocycles. The second kappa shape index (κ2) is 7.76. The zero-order valence-corrected chi connectivity index (χ0v) is 19.0. The Bertz CT molecular complexity index is 1450. The molecule has 3 aromatic rings. The van der Waals surface area contributed by atoms with Gasteiger partial charge in [0, 0.05) is 37.5 Å². The number of thioether (sulfide) groups is 1. The van der Waals surface area contributed by atoms with Crippen LogP contribution in [0.4, 0.5) is 17.6 Å². The fraction of sp³-hybridized carbons (Fsp3) is 0.250. The van der Waals surface area contributed by atoms with Gasteiger partial charge in [-0.15, -0.1) is 11.3 Å². The summed E-state index contributed by atoms with van der Waals surface area (Å²) in [5.74, 6) is -1.89. The smallest absolute Gasteiger partial charge is 0.349 e. The van der Waals surface area contributed by atoms with E-state index in [0.717, 1.165) is 39.8 Å². The minimum atomic E-state index is -4.83. The lowest BCUT2D eigenvalue weighted by Crippen LogP contribution is -2.50. The SMILES string of the molecule is CC(=O)NC1(c2csc3c2c(=O)n(C)c(=O)n3C)NC(c2ccc(C(F)(F)F)c(F)c2)=CS1. The summed E-state index contributed by atoms with van der Waals surface area (Å²) in [6.07, 6.45) is -4.83. The number of alkyl halides is 3. The van der Waals surface area contributed by atoms with Crippen LogP contribution in [0.15, 0.2) is 38.6 Å². The highest BCUT2D eigenvalue weighted by molar-refractivity contribution is 8.03. The molecule has 0 fully saturated rings. The van der Waals surface area contributed by atoms with E-state index in [0.29, 0.717) is 16.5 Å². The van der Waals surface area contributed by atoms with E-state index in [9.17, 15) is 31.9 Å². The van der Waals surface area contributed by atoms with Gasteiger partial charge in [-0.3, -0.25) is 18.7 Å². The number of halogens is 4. The van der Waals surface area contributed by atoms with Gasteiger partial charge in [-0.25, -0.2) is 9.18 Å². The van der Waals surface area contributed by atoms with E-state index in [1.807, 2.05) is 0 Å². The summed E-state index contributed by atoms with van der Waals surface area (Å²) < 4.78 is 55.1. The third-order valence-corrected chi connectivity index (χ3v) is 7.34. The van der Waals surface area contributed by atoms with Gasteiger partial charge in [-0.2, -0.15) is 13.2 Å². The Hall–Kier alpha value is -3.06. The van der Waals surface area contributed by atoms with Crippen molar-refractivity contribution >= 4 is 44.9 Å². The van der Waals surface area contributed by atoms with Crippen molar-refractivity contribution in [1.82, 2.24) is 19.8 Å². The first-order chi connectivity index (χ1) is 15.4. The first-order valence-corrected chi connectivity index (χ1v) is 11.1. The molecule has 7 nitrogen and oxygen atoms in total. The van der Waals surface area contributed by atoms with Gasteiger partial charge in [0.2, 0.25) is 5.91 Å². The van der Waals surface area contributed by atoms with Crippen LogP contribution in [0.3, 0.4) is 0 Å². The van der Waals surface area contributed by atoms with Crippen LogP contribution in [0, 0.1) is 5.82 Å². The first kappa shape index (κ1) is 23.1. The average molecular weight is 500 g/mol. The van der Waals surface area contributed by atoms with E-state index in [2.05, 4.69) is 10.6 Å². The Balaban J connectivity index is 1.83. The summed E-state index contributed by atoms with van der Waals surface area (Å²) in [5, 5.41) is 9.11. The van der Waals surface area contributed by atoms with E-state index in [4.69, 9.17) is 0 Å². The molecule has 0 aliphatic carbocycles.